The van der Waals surface area contributed by atoms with Crippen molar-refractivity contribution in [3.63, 3.8) is 0 Å². The summed E-state index contributed by atoms with van der Waals surface area (Å²) in [6, 6.07) is 12.2. The topological polar surface area (TPSA) is 102 Å². The monoisotopic (exact) mass is 451 g/mol. The van der Waals surface area contributed by atoms with Crippen molar-refractivity contribution < 1.29 is 13.8 Å². The lowest BCUT2D eigenvalue weighted by Crippen LogP contribution is -2.51. The molecule has 6 nitrogen and oxygen atoms in total. The van der Waals surface area contributed by atoms with Crippen LogP contribution in [0.2, 0.25) is 0 Å². The highest BCUT2D eigenvalue weighted by Crippen LogP contribution is 2.43. The number of carbonyl (C=O) groups is 2. The van der Waals surface area contributed by atoms with Crippen LogP contribution in [0.15, 0.2) is 51.8 Å². The minimum absolute atomic E-state index is 0.0241. The Kier molecular flexibility index (Phi) is 5.08. The fourth-order valence-electron chi connectivity index (χ4n) is 4.44. The maximum absolute atomic E-state index is 13.9. The largest absolute Gasteiger partial charge is 0.399 e. The summed E-state index contributed by atoms with van der Waals surface area (Å²) < 4.78 is 17.6. The van der Waals surface area contributed by atoms with Crippen LogP contribution in [0.1, 0.15) is 56.5 Å². The Hall–Kier alpha value is -2.93. The molecule has 0 spiro atoms. The summed E-state index contributed by atoms with van der Waals surface area (Å²) in [5, 5.41) is 3.08. The second kappa shape index (κ2) is 7.30. The number of Topliss-reactive ketones (excluding diaryl/α,β-unsaturated/α-hetero) is 2. The fourth-order valence-corrected chi connectivity index (χ4v) is 5.79. The average molecular weight is 452 g/mol. The van der Waals surface area contributed by atoms with E-state index in [4.69, 9.17) is 5.73 Å². The fraction of sp³-hybridized carbons (Fsp3) is 0.360. The maximum atomic E-state index is 13.9. The SMILES string of the molecule is C=S1(=O)N=C(C2C(=O)c3ccccc3[C@@](C)(CCC(C)(C)C)C2=O)Nc2ccc(N)cc21. The molecule has 32 heavy (non-hydrogen) atoms. The third kappa shape index (κ3) is 3.64. The summed E-state index contributed by atoms with van der Waals surface area (Å²) in [5.41, 5.74) is 7.20. The summed E-state index contributed by atoms with van der Waals surface area (Å²) >= 11 is 0. The number of hydrogen-bond donors (Lipinski definition) is 2. The van der Waals surface area contributed by atoms with Crippen molar-refractivity contribution >= 4 is 44.4 Å². The molecule has 0 aromatic heterocycles. The number of anilines is 2. The molecule has 2 aromatic rings. The van der Waals surface area contributed by atoms with Gasteiger partial charge in [-0.25, -0.2) is 4.21 Å². The third-order valence-electron chi connectivity index (χ3n) is 6.36. The molecule has 0 radical (unpaired) electrons. The quantitative estimate of drug-likeness (QED) is 0.413. The second-order valence-electron chi connectivity index (χ2n) is 10.1. The number of nitrogens with zero attached hydrogens (tertiary/aromatic N) is 1. The Labute approximate surface area is 189 Å². The van der Waals surface area contributed by atoms with E-state index in [1.807, 2.05) is 19.1 Å². The van der Waals surface area contributed by atoms with E-state index in [0.717, 1.165) is 12.0 Å². The van der Waals surface area contributed by atoms with E-state index in [9.17, 15) is 13.8 Å². The molecule has 0 amide bonds. The van der Waals surface area contributed by atoms with Gasteiger partial charge in [-0.05, 0) is 54.8 Å². The molecule has 4 rings (SSSR count). The van der Waals surface area contributed by atoms with Crippen LogP contribution < -0.4 is 11.1 Å². The van der Waals surface area contributed by atoms with Gasteiger partial charge in [-0.3, -0.25) is 9.59 Å². The molecular formula is C25H29N3O3S. The summed E-state index contributed by atoms with van der Waals surface area (Å²) in [4.78, 5) is 27.8. The number of rotatable bonds is 3. The van der Waals surface area contributed by atoms with Gasteiger partial charge >= 0.3 is 0 Å². The molecule has 1 aliphatic heterocycles. The van der Waals surface area contributed by atoms with Crippen molar-refractivity contribution in [1.82, 2.24) is 0 Å². The first kappa shape index (κ1) is 22.3. The van der Waals surface area contributed by atoms with Crippen LogP contribution in [0.5, 0.6) is 0 Å². The predicted octanol–water partition coefficient (Wildman–Crippen LogP) is 4.25. The van der Waals surface area contributed by atoms with Gasteiger partial charge in [-0.15, -0.1) is 0 Å². The molecular weight excluding hydrogens is 422 g/mol. The lowest BCUT2D eigenvalue weighted by Gasteiger charge is -2.40. The minimum atomic E-state index is -3.12. The van der Waals surface area contributed by atoms with Gasteiger partial charge < -0.3 is 11.1 Å². The number of ketones is 2. The normalized spacial score (nSPS) is 27.2. The van der Waals surface area contributed by atoms with Gasteiger partial charge in [0, 0.05) is 11.3 Å². The number of nitrogens with two attached hydrogens (primary N) is 1. The van der Waals surface area contributed by atoms with Crippen LogP contribution in [0.3, 0.4) is 0 Å². The van der Waals surface area contributed by atoms with Crippen LogP contribution in [0.4, 0.5) is 11.4 Å². The first-order chi connectivity index (χ1) is 14.8. The maximum Gasteiger partial charge on any atom is 0.181 e. The molecule has 2 aromatic carbocycles. The molecule has 0 bridgehead atoms. The van der Waals surface area contributed by atoms with E-state index >= 15 is 0 Å². The first-order valence-electron chi connectivity index (χ1n) is 10.7. The van der Waals surface area contributed by atoms with Crippen LogP contribution >= 0.6 is 0 Å². The Balaban J connectivity index is 1.84. The van der Waals surface area contributed by atoms with Crippen molar-refractivity contribution in [3.8, 4) is 0 Å². The zero-order chi connectivity index (χ0) is 23.5. The van der Waals surface area contributed by atoms with Gasteiger partial charge in [-0.2, -0.15) is 4.40 Å². The van der Waals surface area contributed by atoms with E-state index in [0.29, 0.717) is 28.3 Å². The molecule has 0 saturated carbocycles. The summed E-state index contributed by atoms with van der Waals surface area (Å²) in [5.74, 6) is 2.14. The first-order valence-corrected chi connectivity index (χ1v) is 12.3. The van der Waals surface area contributed by atoms with Gasteiger partial charge in [-0.1, -0.05) is 45.0 Å². The number of carbonyl (C=O) groups excluding carboxylic acids is 2. The number of hydrogen-bond acceptors (Lipinski definition) is 5. The highest BCUT2D eigenvalue weighted by atomic mass is 32.2. The molecule has 3 atom stereocenters. The van der Waals surface area contributed by atoms with Crippen molar-refractivity contribution in [3.05, 3.63) is 53.6 Å². The van der Waals surface area contributed by atoms with Crippen LogP contribution in [-0.2, 0) is 19.9 Å². The average Bonchev–Trinajstić information content (AvgIpc) is 2.71. The molecule has 0 fully saturated rings. The molecule has 3 N–H and O–H groups in total. The standard InChI is InChI=1S/C25H29N3O3S/c1-24(2,3)12-13-25(4)17-9-7-6-8-16(17)21(29)20(22(25)30)23-27-18-11-10-15(26)14-19(18)32(5,31)28-23/h6-11,14,20H,5,12-13,26H2,1-4H3,(H,27,28,31)/t20?,25-,32?/m1/s1. The lowest BCUT2D eigenvalue weighted by atomic mass is 9.62. The molecule has 7 heteroatoms. The number of nitrogen functional groups attached to an aromatic ring is 1. The molecule has 2 unspecified atom stereocenters. The zero-order valence-electron chi connectivity index (χ0n) is 18.9. The zero-order valence-corrected chi connectivity index (χ0v) is 19.7. The van der Waals surface area contributed by atoms with Crippen LogP contribution in [-0.4, -0.2) is 27.5 Å². The van der Waals surface area contributed by atoms with E-state index in [2.05, 4.69) is 36.4 Å². The van der Waals surface area contributed by atoms with Crippen LogP contribution in [0.25, 0.3) is 0 Å². The van der Waals surface area contributed by atoms with Crippen molar-refractivity contribution in [2.45, 2.75) is 50.8 Å². The molecule has 168 valence electrons. The van der Waals surface area contributed by atoms with Gasteiger partial charge in [0.15, 0.2) is 11.6 Å². The molecule has 1 heterocycles. The summed E-state index contributed by atoms with van der Waals surface area (Å²) in [6.07, 6.45) is 1.40. The summed E-state index contributed by atoms with van der Waals surface area (Å²) in [7, 11) is -3.12. The smallest absolute Gasteiger partial charge is 0.181 e. The number of fused-ring (bicyclic) bond motifs is 2. The van der Waals surface area contributed by atoms with E-state index in [-0.39, 0.29) is 22.8 Å². The van der Waals surface area contributed by atoms with Gasteiger partial charge in [0.2, 0.25) is 0 Å². The summed E-state index contributed by atoms with van der Waals surface area (Å²) in [6.45, 7) is 8.29. The van der Waals surface area contributed by atoms with Crippen molar-refractivity contribution in [1.29, 1.82) is 0 Å². The van der Waals surface area contributed by atoms with Gasteiger partial charge in [0.1, 0.15) is 11.8 Å². The lowest BCUT2D eigenvalue weighted by molar-refractivity contribution is -0.125. The van der Waals surface area contributed by atoms with Gasteiger partial charge in [0.05, 0.1) is 25.7 Å². The Bertz CT molecular complexity index is 1270. The predicted molar refractivity (Wildman–Crippen MR) is 131 cm³/mol. The Morgan fingerprint density at radius 3 is 2.56 bits per heavy atom. The molecule has 2 aliphatic rings. The van der Waals surface area contributed by atoms with E-state index < -0.39 is 21.0 Å². The number of benzene rings is 2. The van der Waals surface area contributed by atoms with Gasteiger partial charge in [0.25, 0.3) is 0 Å². The highest BCUT2D eigenvalue weighted by molar-refractivity contribution is 7.99. The van der Waals surface area contributed by atoms with Crippen LogP contribution in [0, 0.1) is 11.3 Å². The molecule has 0 saturated heterocycles. The second-order valence-corrected chi connectivity index (χ2v) is 12.0. The van der Waals surface area contributed by atoms with Crippen molar-refractivity contribution in [2.75, 3.05) is 11.1 Å². The molecule has 1 aliphatic carbocycles. The van der Waals surface area contributed by atoms with Crippen molar-refractivity contribution in [2.24, 2.45) is 15.7 Å². The minimum Gasteiger partial charge on any atom is -0.399 e. The number of amidine groups is 1. The third-order valence-corrected chi connectivity index (χ3v) is 7.88. The van der Waals surface area contributed by atoms with E-state index in [1.165, 1.54) is 0 Å². The Morgan fingerprint density at radius 1 is 1.19 bits per heavy atom. The Morgan fingerprint density at radius 2 is 1.88 bits per heavy atom. The van der Waals surface area contributed by atoms with E-state index in [1.54, 1.807) is 30.3 Å². The number of nitrogens with one attached hydrogen (secondary N) is 1. The highest BCUT2D eigenvalue weighted by Gasteiger charge is 2.51.